The van der Waals surface area contributed by atoms with Crippen molar-refractivity contribution in [3.8, 4) is 0 Å². The maximum atomic E-state index is 6.39. The van der Waals surface area contributed by atoms with E-state index < -0.39 is 16.5 Å². The summed E-state index contributed by atoms with van der Waals surface area (Å²) in [6.07, 6.45) is 0.736. The SMILES string of the molecule is [CH2-]CC[NH-].[Cl][Pt+2][Cl]. The summed E-state index contributed by atoms with van der Waals surface area (Å²) in [5, 5.41) is 0. The average Bonchev–Trinajstić information content (AvgIpc) is 1.69. The van der Waals surface area contributed by atoms with Crippen molar-refractivity contribution in [1.82, 2.24) is 0 Å². The molecule has 0 bridgehead atoms. The summed E-state index contributed by atoms with van der Waals surface area (Å²) in [7, 11) is 9.75. The van der Waals surface area contributed by atoms with Gasteiger partial charge in [-0.05, 0) is 0 Å². The van der Waals surface area contributed by atoms with Crippen LogP contribution in [0.5, 0.6) is 0 Å². The van der Waals surface area contributed by atoms with Crippen molar-refractivity contribution < 1.29 is 16.5 Å². The third kappa shape index (κ3) is 39.8. The Balaban J connectivity index is 0. The molecule has 7 heavy (non-hydrogen) atoms. The molecule has 0 spiro atoms. The Bertz CT molecular complexity index is 20.4. The third-order valence-electron chi connectivity index (χ3n) is 0.177. The predicted octanol–water partition coefficient (Wildman–Crippen LogP) is 2.64. The molecule has 0 aromatic rings. The summed E-state index contributed by atoms with van der Waals surface area (Å²) in [5.74, 6) is 0. The molecule has 4 heteroatoms. The van der Waals surface area contributed by atoms with Gasteiger partial charge in [-0.2, -0.15) is 6.54 Å². The van der Waals surface area contributed by atoms with Crippen LogP contribution >= 0.6 is 18.8 Å². The van der Waals surface area contributed by atoms with E-state index in [9.17, 15) is 0 Å². The second-order valence-electron chi connectivity index (χ2n) is 0.649. The maximum absolute atomic E-state index is 6.39. The fraction of sp³-hybridized carbons (Fsp3) is 0.667. The molecule has 1 nitrogen and oxygen atoms in total. The van der Waals surface area contributed by atoms with Gasteiger partial charge >= 0.3 is 35.3 Å². The van der Waals surface area contributed by atoms with E-state index in [0.717, 1.165) is 6.42 Å². The van der Waals surface area contributed by atoms with Crippen LogP contribution in [0.1, 0.15) is 6.42 Å². The molecule has 0 saturated carbocycles. The first-order valence-electron chi connectivity index (χ1n) is 1.59. The fourth-order valence-corrected chi connectivity index (χ4v) is 0. The first-order valence-corrected chi connectivity index (χ1v) is 7.22. The van der Waals surface area contributed by atoms with Crippen molar-refractivity contribution in [2.24, 2.45) is 0 Å². The van der Waals surface area contributed by atoms with Gasteiger partial charge in [-0.15, -0.1) is 0 Å². The van der Waals surface area contributed by atoms with Crippen LogP contribution in [0.2, 0.25) is 0 Å². The molecule has 0 fully saturated rings. The molecular formula is C3H7Cl2NPt. The topological polar surface area (TPSA) is 23.8 Å². The van der Waals surface area contributed by atoms with E-state index in [0.29, 0.717) is 6.54 Å². The van der Waals surface area contributed by atoms with Crippen molar-refractivity contribution in [3.05, 3.63) is 12.7 Å². The van der Waals surface area contributed by atoms with E-state index >= 15 is 0 Å². The van der Waals surface area contributed by atoms with Crippen LogP contribution in [0.25, 0.3) is 5.73 Å². The minimum absolute atomic E-state index is 0.458. The Kier molecular flexibility index (Phi) is 24.8. The van der Waals surface area contributed by atoms with Gasteiger partial charge in [-0.1, -0.05) is 0 Å². The Morgan fingerprint density at radius 3 is 1.71 bits per heavy atom. The van der Waals surface area contributed by atoms with Crippen LogP contribution < -0.4 is 0 Å². The van der Waals surface area contributed by atoms with E-state index in [1.54, 1.807) is 0 Å². The van der Waals surface area contributed by atoms with E-state index in [1.165, 1.54) is 0 Å². The van der Waals surface area contributed by atoms with Crippen molar-refractivity contribution in [2.45, 2.75) is 6.42 Å². The van der Waals surface area contributed by atoms with Crippen molar-refractivity contribution >= 4 is 18.8 Å². The van der Waals surface area contributed by atoms with Crippen LogP contribution in [0.15, 0.2) is 0 Å². The van der Waals surface area contributed by atoms with E-state index in [1.807, 2.05) is 0 Å². The van der Waals surface area contributed by atoms with Gasteiger partial charge in [0.15, 0.2) is 0 Å². The van der Waals surface area contributed by atoms with Gasteiger partial charge < -0.3 is 12.7 Å². The molecule has 0 radical (unpaired) electrons. The van der Waals surface area contributed by atoms with Crippen LogP contribution in [0.4, 0.5) is 0 Å². The molecule has 0 aliphatic carbocycles. The molecule has 0 atom stereocenters. The van der Waals surface area contributed by atoms with Crippen LogP contribution in [0, 0.1) is 6.92 Å². The molecule has 0 aromatic heterocycles. The van der Waals surface area contributed by atoms with E-state index in [2.05, 4.69) is 6.92 Å². The van der Waals surface area contributed by atoms with E-state index in [4.69, 9.17) is 24.6 Å². The predicted molar refractivity (Wildman–Crippen MR) is 30.9 cm³/mol. The number of halogens is 2. The molecule has 0 saturated heterocycles. The van der Waals surface area contributed by atoms with Crippen molar-refractivity contribution in [2.75, 3.05) is 6.54 Å². The Labute approximate surface area is 60.9 Å². The number of nitrogens with one attached hydrogen (secondary N) is 1. The third-order valence-corrected chi connectivity index (χ3v) is 0.177. The molecular weight excluding hydrogens is 316 g/mol. The standard InChI is InChI=1S/C3H7N.2ClH.Pt/c1-2-3-4;;;/h4H,1-3H2;2*1H;/q-2;;;+4/p-2. The minimum atomic E-state index is -0.472. The van der Waals surface area contributed by atoms with Crippen LogP contribution in [-0.2, 0) is 16.5 Å². The molecule has 48 valence electrons. The monoisotopic (exact) mass is 322 g/mol. The first-order chi connectivity index (χ1) is 3.33. The Hall–Kier alpha value is 1.23. The summed E-state index contributed by atoms with van der Waals surface area (Å²) in [6.45, 7) is 3.88. The van der Waals surface area contributed by atoms with E-state index in [-0.39, 0.29) is 0 Å². The van der Waals surface area contributed by atoms with Gasteiger partial charge in [0.05, 0.1) is 0 Å². The summed E-state index contributed by atoms with van der Waals surface area (Å²) in [4.78, 5) is 0. The zero-order chi connectivity index (χ0) is 6.12. The van der Waals surface area contributed by atoms with Crippen molar-refractivity contribution in [3.63, 3.8) is 0 Å². The molecule has 0 aromatic carbocycles. The molecule has 0 heterocycles. The van der Waals surface area contributed by atoms with Gasteiger partial charge in [0.2, 0.25) is 0 Å². The molecule has 0 amide bonds. The van der Waals surface area contributed by atoms with Crippen molar-refractivity contribution in [1.29, 1.82) is 0 Å². The molecule has 0 aliphatic heterocycles. The zero-order valence-electron chi connectivity index (χ0n) is 3.69. The number of hydrogen-bond acceptors (Lipinski definition) is 0. The quantitative estimate of drug-likeness (QED) is 0.663. The van der Waals surface area contributed by atoms with Gasteiger partial charge in [-0.3, -0.25) is 0 Å². The summed E-state index contributed by atoms with van der Waals surface area (Å²) >= 11 is -0.472. The van der Waals surface area contributed by atoms with Gasteiger partial charge in [-0.25, -0.2) is 6.42 Å². The van der Waals surface area contributed by atoms with Crippen LogP contribution in [0.3, 0.4) is 0 Å². The van der Waals surface area contributed by atoms with Gasteiger partial charge in [0, 0.05) is 0 Å². The Morgan fingerprint density at radius 1 is 1.57 bits per heavy atom. The Morgan fingerprint density at radius 2 is 1.71 bits per heavy atom. The average molecular weight is 323 g/mol. The number of rotatable bonds is 1. The van der Waals surface area contributed by atoms with Crippen LogP contribution in [-0.4, -0.2) is 6.54 Å². The van der Waals surface area contributed by atoms with Gasteiger partial charge in [0.25, 0.3) is 0 Å². The summed E-state index contributed by atoms with van der Waals surface area (Å²) < 4.78 is 0. The normalized spacial score (nSPS) is 7.43. The zero-order valence-corrected chi connectivity index (χ0v) is 7.48. The second kappa shape index (κ2) is 15.7. The van der Waals surface area contributed by atoms with Gasteiger partial charge in [0.1, 0.15) is 0 Å². The summed E-state index contributed by atoms with van der Waals surface area (Å²) in [6, 6.07) is 0. The second-order valence-corrected chi connectivity index (χ2v) is 3.93. The molecule has 0 unspecified atom stereocenters. The fourth-order valence-electron chi connectivity index (χ4n) is 0. The number of hydrogen-bond donors (Lipinski definition) is 0. The molecule has 1 N–H and O–H groups in total. The molecule has 0 aliphatic rings. The summed E-state index contributed by atoms with van der Waals surface area (Å²) in [5.41, 5.74) is 6.39. The molecule has 0 rings (SSSR count). The first kappa shape index (κ1) is 11.1.